The van der Waals surface area contributed by atoms with E-state index in [4.69, 9.17) is 0 Å². The molecule has 1 nitrogen and oxygen atoms in total. The average Bonchev–Trinajstić information content (AvgIpc) is 2.30. The van der Waals surface area contributed by atoms with Gasteiger partial charge in [0.05, 0.1) is 13.8 Å². The molecule has 16 heavy (non-hydrogen) atoms. The third-order valence-corrected chi connectivity index (χ3v) is 7.92. The quantitative estimate of drug-likeness (QED) is 0.773. The molecule has 0 bridgehead atoms. The van der Waals surface area contributed by atoms with Crippen LogP contribution in [0, 0.1) is 0 Å². The molecule has 0 spiro atoms. The van der Waals surface area contributed by atoms with Gasteiger partial charge in [-0.2, -0.15) is 0 Å². The van der Waals surface area contributed by atoms with Crippen molar-refractivity contribution in [3.63, 3.8) is 0 Å². The van der Waals surface area contributed by atoms with Gasteiger partial charge in [0.25, 0.3) is 0 Å². The van der Waals surface area contributed by atoms with E-state index in [2.05, 4.69) is 49.5 Å². The lowest BCUT2D eigenvalue weighted by atomic mass is 10.1. The number of aliphatic hydroxyl groups is 1. The van der Waals surface area contributed by atoms with Gasteiger partial charge in [-0.3, -0.25) is 0 Å². The molecular formula is C14H20OSi. The van der Waals surface area contributed by atoms with Crippen molar-refractivity contribution in [2.24, 2.45) is 0 Å². The summed E-state index contributed by atoms with van der Waals surface area (Å²) in [6.07, 6.45) is 5.35. The fraction of sp³-hybridized carbons (Fsp3) is 0.429. The normalized spacial score (nSPS) is 21.6. The zero-order chi connectivity index (χ0) is 11.6. The van der Waals surface area contributed by atoms with Crippen molar-refractivity contribution in [1.29, 1.82) is 0 Å². The van der Waals surface area contributed by atoms with Crippen molar-refractivity contribution in [2.75, 3.05) is 0 Å². The van der Waals surface area contributed by atoms with Gasteiger partial charge in [-0.25, -0.2) is 0 Å². The summed E-state index contributed by atoms with van der Waals surface area (Å²) in [5.41, 5.74) is 0.587. The third-order valence-electron chi connectivity index (χ3n) is 3.79. The van der Waals surface area contributed by atoms with Crippen LogP contribution in [0.3, 0.4) is 0 Å². The topological polar surface area (TPSA) is 20.2 Å². The highest BCUT2D eigenvalue weighted by molar-refractivity contribution is 6.91. The molecule has 1 unspecified atom stereocenters. The maximum atomic E-state index is 9.67. The van der Waals surface area contributed by atoms with E-state index in [1.165, 1.54) is 11.6 Å². The molecule has 0 saturated heterocycles. The number of hydrogen-bond donors (Lipinski definition) is 1. The fourth-order valence-electron chi connectivity index (χ4n) is 2.55. The lowest BCUT2D eigenvalue weighted by molar-refractivity contribution is 0.367. The van der Waals surface area contributed by atoms with Gasteiger partial charge < -0.3 is 5.11 Å². The summed E-state index contributed by atoms with van der Waals surface area (Å²) >= 11 is 0. The molecule has 0 amide bonds. The van der Waals surface area contributed by atoms with Gasteiger partial charge in [-0.15, -0.1) is 0 Å². The Bertz CT molecular complexity index is 381. The molecule has 0 radical (unpaired) electrons. The summed E-state index contributed by atoms with van der Waals surface area (Å²) in [5, 5.41) is 11.2. The van der Waals surface area contributed by atoms with Gasteiger partial charge in [-0.1, -0.05) is 48.6 Å². The van der Waals surface area contributed by atoms with Crippen LogP contribution >= 0.6 is 0 Å². The highest BCUT2D eigenvalue weighted by Gasteiger charge is 2.33. The molecule has 0 aromatic heterocycles. The van der Waals surface area contributed by atoms with Gasteiger partial charge in [0.15, 0.2) is 0 Å². The van der Waals surface area contributed by atoms with Gasteiger partial charge >= 0.3 is 0 Å². The molecule has 2 rings (SSSR count). The van der Waals surface area contributed by atoms with E-state index in [1.807, 2.05) is 0 Å². The summed E-state index contributed by atoms with van der Waals surface area (Å²) in [5.74, 6) is 0.604. The zero-order valence-corrected chi connectivity index (χ0v) is 11.1. The van der Waals surface area contributed by atoms with Crippen LogP contribution in [-0.4, -0.2) is 13.2 Å². The van der Waals surface area contributed by atoms with Crippen LogP contribution in [0.5, 0.6) is 0 Å². The first-order chi connectivity index (χ1) is 7.60. The predicted molar refractivity (Wildman–Crippen MR) is 71.9 cm³/mol. The number of hydrogen-bond acceptors (Lipinski definition) is 1. The molecule has 1 aliphatic rings. The molecule has 0 heterocycles. The monoisotopic (exact) mass is 232 g/mol. The minimum atomic E-state index is -1.46. The van der Waals surface area contributed by atoms with E-state index in [0.717, 1.165) is 12.8 Å². The van der Waals surface area contributed by atoms with E-state index in [0.29, 0.717) is 11.3 Å². The lowest BCUT2D eigenvalue weighted by Gasteiger charge is -2.33. The van der Waals surface area contributed by atoms with Crippen LogP contribution in [0.1, 0.15) is 19.3 Å². The van der Waals surface area contributed by atoms with E-state index in [1.54, 1.807) is 0 Å². The molecule has 1 aromatic rings. The Kier molecular flexibility index (Phi) is 3.19. The number of benzene rings is 1. The Morgan fingerprint density at radius 1 is 1.19 bits per heavy atom. The first-order valence-corrected chi connectivity index (χ1v) is 9.13. The minimum Gasteiger partial charge on any atom is -0.513 e. The van der Waals surface area contributed by atoms with Crippen molar-refractivity contribution in [3.05, 3.63) is 42.2 Å². The zero-order valence-electron chi connectivity index (χ0n) is 10.1. The molecule has 1 aliphatic carbocycles. The largest absolute Gasteiger partial charge is 0.513 e. The predicted octanol–water partition coefficient (Wildman–Crippen LogP) is 3.60. The van der Waals surface area contributed by atoms with Gasteiger partial charge in [-0.05, 0) is 24.5 Å². The van der Waals surface area contributed by atoms with Crippen molar-refractivity contribution < 1.29 is 5.11 Å². The average molecular weight is 232 g/mol. The molecule has 2 heteroatoms. The van der Waals surface area contributed by atoms with Crippen molar-refractivity contribution in [1.82, 2.24) is 0 Å². The Morgan fingerprint density at radius 2 is 1.88 bits per heavy atom. The van der Waals surface area contributed by atoms with E-state index < -0.39 is 8.07 Å². The van der Waals surface area contributed by atoms with Gasteiger partial charge in [0, 0.05) is 6.42 Å². The second kappa shape index (κ2) is 4.46. The second-order valence-electron chi connectivity index (χ2n) is 5.24. The molecule has 86 valence electrons. The first kappa shape index (κ1) is 11.5. The Morgan fingerprint density at radius 3 is 2.50 bits per heavy atom. The SMILES string of the molecule is C[Si](C)(c1ccccc1)C1C=C(O)CCC1. The number of aliphatic hydroxyl groups excluding tert-OH is 1. The van der Waals surface area contributed by atoms with Crippen LogP contribution < -0.4 is 5.19 Å². The summed E-state index contributed by atoms with van der Waals surface area (Å²) < 4.78 is 0. The Balaban J connectivity index is 2.28. The minimum absolute atomic E-state index is 0.587. The van der Waals surface area contributed by atoms with Crippen LogP contribution in [0.25, 0.3) is 0 Å². The van der Waals surface area contributed by atoms with Crippen LogP contribution in [-0.2, 0) is 0 Å². The highest BCUT2D eigenvalue weighted by Crippen LogP contribution is 2.34. The summed E-state index contributed by atoms with van der Waals surface area (Å²) in [7, 11) is -1.46. The maximum Gasteiger partial charge on any atom is 0.0882 e. The molecule has 0 fully saturated rings. The smallest absolute Gasteiger partial charge is 0.0882 e. The molecule has 1 aromatic carbocycles. The first-order valence-electron chi connectivity index (χ1n) is 6.06. The van der Waals surface area contributed by atoms with E-state index in [-0.39, 0.29) is 0 Å². The van der Waals surface area contributed by atoms with E-state index >= 15 is 0 Å². The summed E-state index contributed by atoms with van der Waals surface area (Å²) in [6.45, 7) is 4.81. The van der Waals surface area contributed by atoms with Crippen molar-refractivity contribution in [2.45, 2.75) is 37.9 Å². The summed E-state index contributed by atoms with van der Waals surface area (Å²) in [6, 6.07) is 10.8. The van der Waals surface area contributed by atoms with Crippen molar-refractivity contribution >= 4 is 13.3 Å². The molecule has 0 aliphatic heterocycles. The van der Waals surface area contributed by atoms with Gasteiger partial charge in [0.2, 0.25) is 0 Å². The summed E-state index contributed by atoms with van der Waals surface area (Å²) in [4.78, 5) is 0. The number of allylic oxidation sites excluding steroid dienone is 2. The molecule has 1 N–H and O–H groups in total. The second-order valence-corrected chi connectivity index (χ2v) is 10.0. The molecule has 0 saturated carbocycles. The van der Waals surface area contributed by atoms with Crippen molar-refractivity contribution in [3.8, 4) is 0 Å². The number of rotatable bonds is 2. The van der Waals surface area contributed by atoms with Crippen LogP contribution in [0.4, 0.5) is 0 Å². The maximum absolute atomic E-state index is 9.67. The van der Waals surface area contributed by atoms with Crippen LogP contribution in [0.15, 0.2) is 42.2 Å². The lowest BCUT2D eigenvalue weighted by Crippen LogP contribution is -2.45. The van der Waals surface area contributed by atoms with Gasteiger partial charge in [0.1, 0.15) is 0 Å². The van der Waals surface area contributed by atoms with Crippen LogP contribution in [0.2, 0.25) is 18.6 Å². The Hall–Kier alpha value is -1.02. The standard InChI is InChI=1S/C14H20OSi/c1-16(2,13-8-4-3-5-9-13)14-10-6-7-12(15)11-14/h3-5,8-9,11,14-15H,6-7,10H2,1-2H3. The highest BCUT2D eigenvalue weighted by atomic mass is 28.3. The molecular weight excluding hydrogens is 212 g/mol. The Labute approximate surface area is 98.8 Å². The third kappa shape index (κ3) is 2.22. The van der Waals surface area contributed by atoms with E-state index in [9.17, 15) is 5.11 Å². The fourth-order valence-corrected chi connectivity index (χ4v) is 5.57. The molecule has 1 atom stereocenters.